The molecular formula is C15H22N6. The van der Waals surface area contributed by atoms with Gasteiger partial charge in [-0.25, -0.2) is 4.98 Å². The highest BCUT2D eigenvalue weighted by Gasteiger charge is 2.37. The molecule has 0 aromatic carbocycles. The Bertz CT molecular complexity index is 633. The molecule has 0 amide bonds. The molecule has 2 aromatic rings. The summed E-state index contributed by atoms with van der Waals surface area (Å²) in [6, 6.07) is 0. The third kappa shape index (κ3) is 2.13. The van der Waals surface area contributed by atoms with Crippen LogP contribution >= 0.6 is 0 Å². The molecule has 1 aliphatic carbocycles. The Morgan fingerprint density at radius 3 is 2.62 bits per heavy atom. The second kappa shape index (κ2) is 4.86. The van der Waals surface area contributed by atoms with Gasteiger partial charge in [0.15, 0.2) is 11.5 Å². The van der Waals surface area contributed by atoms with Crippen LogP contribution < -0.4 is 10.2 Å². The van der Waals surface area contributed by atoms with Crippen molar-refractivity contribution in [3.05, 3.63) is 6.33 Å². The first-order valence-electron chi connectivity index (χ1n) is 7.94. The van der Waals surface area contributed by atoms with Crippen molar-refractivity contribution in [3.8, 4) is 0 Å². The second-order valence-electron chi connectivity index (χ2n) is 6.42. The van der Waals surface area contributed by atoms with E-state index in [4.69, 9.17) is 0 Å². The molecule has 0 unspecified atom stereocenters. The minimum absolute atomic E-state index is 0.627. The Kier molecular flexibility index (Phi) is 2.97. The van der Waals surface area contributed by atoms with Gasteiger partial charge >= 0.3 is 0 Å². The molecule has 2 aromatic heterocycles. The number of H-pyrrole nitrogens is 1. The lowest BCUT2D eigenvalue weighted by atomic mass is 9.77. The fourth-order valence-electron chi connectivity index (χ4n) is 3.98. The molecule has 21 heavy (non-hydrogen) atoms. The maximum absolute atomic E-state index is 4.66. The van der Waals surface area contributed by atoms with Gasteiger partial charge in [0.05, 0.1) is 6.33 Å². The van der Waals surface area contributed by atoms with E-state index in [1.54, 1.807) is 6.33 Å². The highest BCUT2D eigenvalue weighted by molar-refractivity contribution is 5.84. The standard InChI is InChI=1S/C15H22N6/c1-16-14-19-12-11(17-10-18-12)13(20-14)21-8-6-15(7-9-21)4-2-3-5-15/h10H,2-9H2,1H3,(H2,16,17,18,19,20). The van der Waals surface area contributed by atoms with Crippen molar-refractivity contribution in [2.24, 2.45) is 5.41 Å². The van der Waals surface area contributed by atoms with Crippen LogP contribution in [0.1, 0.15) is 38.5 Å². The summed E-state index contributed by atoms with van der Waals surface area (Å²) in [4.78, 5) is 18.9. The van der Waals surface area contributed by atoms with E-state index >= 15 is 0 Å². The van der Waals surface area contributed by atoms with Gasteiger partial charge in [0.2, 0.25) is 5.95 Å². The summed E-state index contributed by atoms with van der Waals surface area (Å²) in [7, 11) is 1.85. The smallest absolute Gasteiger partial charge is 0.226 e. The average Bonchev–Trinajstić information content (AvgIpc) is 3.16. The number of nitrogens with zero attached hydrogens (tertiary/aromatic N) is 4. The number of nitrogens with one attached hydrogen (secondary N) is 2. The van der Waals surface area contributed by atoms with Crippen LogP contribution in [-0.4, -0.2) is 40.1 Å². The SMILES string of the molecule is CNc1nc(N2CCC3(CCCC3)CC2)c2[nH]cnc2n1. The van der Waals surface area contributed by atoms with Crippen LogP contribution in [0.5, 0.6) is 0 Å². The van der Waals surface area contributed by atoms with Gasteiger partial charge in [-0.2, -0.15) is 9.97 Å². The summed E-state index contributed by atoms with van der Waals surface area (Å²) >= 11 is 0. The summed E-state index contributed by atoms with van der Waals surface area (Å²) in [5.74, 6) is 1.64. The number of fused-ring (bicyclic) bond motifs is 1. The van der Waals surface area contributed by atoms with E-state index in [1.165, 1.54) is 38.5 Å². The number of aromatic nitrogens is 4. The molecule has 6 heteroatoms. The van der Waals surface area contributed by atoms with E-state index in [0.29, 0.717) is 11.4 Å². The van der Waals surface area contributed by atoms with E-state index in [-0.39, 0.29) is 0 Å². The minimum Gasteiger partial charge on any atom is -0.357 e. The summed E-state index contributed by atoms with van der Waals surface area (Å²) in [6.45, 7) is 2.18. The van der Waals surface area contributed by atoms with Crippen LogP contribution in [0, 0.1) is 5.41 Å². The molecule has 1 aliphatic heterocycles. The van der Waals surface area contributed by atoms with Gasteiger partial charge in [-0.15, -0.1) is 0 Å². The number of hydrogen-bond donors (Lipinski definition) is 2. The molecule has 0 radical (unpaired) electrons. The maximum atomic E-state index is 4.66. The van der Waals surface area contributed by atoms with Crippen LogP contribution in [0.15, 0.2) is 6.33 Å². The van der Waals surface area contributed by atoms with Gasteiger partial charge in [0, 0.05) is 20.1 Å². The number of hydrogen-bond acceptors (Lipinski definition) is 5. The van der Waals surface area contributed by atoms with Crippen molar-refractivity contribution in [2.45, 2.75) is 38.5 Å². The molecule has 3 heterocycles. The lowest BCUT2D eigenvalue weighted by molar-refractivity contribution is 0.226. The van der Waals surface area contributed by atoms with Crippen molar-refractivity contribution >= 4 is 22.9 Å². The highest BCUT2D eigenvalue weighted by Crippen LogP contribution is 2.46. The Hall–Kier alpha value is -1.85. The molecule has 1 spiro atoms. The number of aromatic amines is 1. The van der Waals surface area contributed by atoms with Gasteiger partial charge < -0.3 is 15.2 Å². The lowest BCUT2D eigenvalue weighted by Crippen LogP contribution is -2.39. The summed E-state index contributed by atoms with van der Waals surface area (Å²) < 4.78 is 0. The Balaban J connectivity index is 1.63. The quantitative estimate of drug-likeness (QED) is 0.888. The average molecular weight is 286 g/mol. The molecule has 2 fully saturated rings. The predicted octanol–water partition coefficient (Wildman–Crippen LogP) is 2.56. The van der Waals surface area contributed by atoms with Gasteiger partial charge in [-0.1, -0.05) is 12.8 Å². The van der Waals surface area contributed by atoms with Gasteiger partial charge in [-0.3, -0.25) is 0 Å². The maximum Gasteiger partial charge on any atom is 0.226 e. The summed E-state index contributed by atoms with van der Waals surface area (Å²) in [5.41, 5.74) is 2.32. The van der Waals surface area contributed by atoms with E-state index < -0.39 is 0 Å². The van der Waals surface area contributed by atoms with Gasteiger partial charge in [-0.05, 0) is 31.1 Å². The molecule has 4 rings (SSSR count). The molecule has 112 valence electrons. The van der Waals surface area contributed by atoms with Crippen molar-refractivity contribution < 1.29 is 0 Å². The first kappa shape index (κ1) is 12.9. The zero-order valence-electron chi connectivity index (χ0n) is 12.5. The molecule has 0 atom stereocenters. The third-order valence-corrected chi connectivity index (χ3v) is 5.28. The van der Waals surface area contributed by atoms with E-state index in [2.05, 4.69) is 30.2 Å². The second-order valence-corrected chi connectivity index (χ2v) is 6.42. The van der Waals surface area contributed by atoms with E-state index in [0.717, 1.165) is 30.1 Å². The van der Waals surface area contributed by atoms with Crippen LogP contribution in [0.4, 0.5) is 11.8 Å². The van der Waals surface area contributed by atoms with Crippen LogP contribution in [0.3, 0.4) is 0 Å². The van der Waals surface area contributed by atoms with Crippen LogP contribution in [0.2, 0.25) is 0 Å². The Labute approximate surface area is 124 Å². The first-order valence-corrected chi connectivity index (χ1v) is 7.94. The molecule has 1 saturated carbocycles. The minimum atomic E-state index is 0.627. The molecule has 6 nitrogen and oxygen atoms in total. The zero-order chi connectivity index (χ0) is 14.3. The third-order valence-electron chi connectivity index (χ3n) is 5.28. The molecular weight excluding hydrogens is 264 g/mol. The molecule has 0 bridgehead atoms. The highest BCUT2D eigenvalue weighted by atomic mass is 15.2. The molecule has 1 saturated heterocycles. The zero-order valence-corrected chi connectivity index (χ0v) is 12.5. The van der Waals surface area contributed by atoms with Crippen molar-refractivity contribution in [3.63, 3.8) is 0 Å². The Morgan fingerprint density at radius 2 is 1.90 bits per heavy atom. The fourth-order valence-corrected chi connectivity index (χ4v) is 3.98. The summed E-state index contributed by atoms with van der Waals surface area (Å²) in [5, 5.41) is 3.03. The predicted molar refractivity (Wildman–Crippen MR) is 83.6 cm³/mol. The van der Waals surface area contributed by atoms with Crippen molar-refractivity contribution in [1.82, 2.24) is 19.9 Å². The number of rotatable bonds is 2. The van der Waals surface area contributed by atoms with E-state index in [9.17, 15) is 0 Å². The normalized spacial score (nSPS) is 21.3. The van der Waals surface area contributed by atoms with Gasteiger partial charge in [0.25, 0.3) is 0 Å². The molecule has 2 N–H and O–H groups in total. The number of piperidine rings is 1. The van der Waals surface area contributed by atoms with Crippen LogP contribution in [0.25, 0.3) is 11.2 Å². The largest absolute Gasteiger partial charge is 0.357 e. The number of anilines is 2. The van der Waals surface area contributed by atoms with Crippen molar-refractivity contribution in [1.29, 1.82) is 0 Å². The molecule has 2 aliphatic rings. The fraction of sp³-hybridized carbons (Fsp3) is 0.667. The van der Waals surface area contributed by atoms with Crippen molar-refractivity contribution in [2.75, 3.05) is 30.4 Å². The van der Waals surface area contributed by atoms with Gasteiger partial charge in [0.1, 0.15) is 5.52 Å². The lowest BCUT2D eigenvalue weighted by Gasteiger charge is -2.40. The first-order chi connectivity index (χ1) is 10.3. The summed E-state index contributed by atoms with van der Waals surface area (Å²) in [6.07, 6.45) is 9.97. The van der Waals surface area contributed by atoms with E-state index in [1.807, 2.05) is 7.05 Å². The number of imidazole rings is 1. The van der Waals surface area contributed by atoms with Crippen LogP contribution in [-0.2, 0) is 0 Å². The Morgan fingerprint density at radius 1 is 1.14 bits per heavy atom. The topological polar surface area (TPSA) is 69.7 Å². The monoisotopic (exact) mass is 286 g/mol.